The SMILES string of the molecule is C/C=C\C(=C/c1ccc(C)cc1)N1CCOC1=O. The van der Waals surface area contributed by atoms with E-state index in [1.54, 1.807) is 4.90 Å². The average Bonchev–Trinajstić information content (AvgIpc) is 2.78. The molecule has 0 unspecified atom stereocenters. The van der Waals surface area contributed by atoms with Crippen LogP contribution in [0.4, 0.5) is 4.79 Å². The Hall–Kier alpha value is -2.03. The third kappa shape index (κ3) is 2.80. The van der Waals surface area contributed by atoms with Gasteiger partial charge in [-0.2, -0.15) is 0 Å². The Morgan fingerprint density at radius 2 is 2.06 bits per heavy atom. The lowest BCUT2D eigenvalue weighted by Gasteiger charge is -2.14. The van der Waals surface area contributed by atoms with Crippen LogP contribution in [-0.2, 0) is 4.74 Å². The van der Waals surface area contributed by atoms with Crippen LogP contribution >= 0.6 is 0 Å². The Kier molecular flexibility index (Phi) is 3.82. The van der Waals surface area contributed by atoms with Crippen LogP contribution in [0.2, 0.25) is 0 Å². The highest BCUT2D eigenvalue weighted by atomic mass is 16.6. The van der Waals surface area contributed by atoms with Crippen LogP contribution in [0.1, 0.15) is 18.1 Å². The first kappa shape index (κ1) is 12.4. The first-order valence-corrected chi connectivity index (χ1v) is 6.06. The summed E-state index contributed by atoms with van der Waals surface area (Å²) in [5.41, 5.74) is 3.16. The van der Waals surface area contributed by atoms with E-state index < -0.39 is 0 Å². The van der Waals surface area contributed by atoms with Crippen molar-refractivity contribution in [3.05, 3.63) is 53.2 Å². The van der Waals surface area contributed by atoms with Crippen LogP contribution in [0.25, 0.3) is 6.08 Å². The predicted octanol–water partition coefficient (Wildman–Crippen LogP) is 3.36. The molecule has 1 heterocycles. The van der Waals surface area contributed by atoms with Gasteiger partial charge in [0.05, 0.1) is 6.54 Å². The molecule has 1 aromatic carbocycles. The molecule has 1 aliphatic rings. The lowest BCUT2D eigenvalue weighted by Crippen LogP contribution is -2.22. The van der Waals surface area contributed by atoms with Crippen LogP contribution in [0.15, 0.2) is 42.1 Å². The maximum atomic E-state index is 11.6. The van der Waals surface area contributed by atoms with E-state index in [2.05, 4.69) is 19.1 Å². The van der Waals surface area contributed by atoms with Crippen LogP contribution in [0.5, 0.6) is 0 Å². The normalized spacial score (nSPS) is 16.4. The summed E-state index contributed by atoms with van der Waals surface area (Å²) in [5, 5.41) is 0. The Labute approximate surface area is 107 Å². The fourth-order valence-corrected chi connectivity index (χ4v) is 1.85. The molecule has 3 heteroatoms. The number of nitrogens with zero attached hydrogens (tertiary/aromatic N) is 1. The van der Waals surface area contributed by atoms with Gasteiger partial charge >= 0.3 is 6.09 Å². The molecule has 0 radical (unpaired) electrons. The fraction of sp³-hybridized carbons (Fsp3) is 0.267. The Balaban J connectivity index is 2.29. The van der Waals surface area contributed by atoms with Gasteiger partial charge in [0.1, 0.15) is 6.61 Å². The van der Waals surface area contributed by atoms with Gasteiger partial charge in [0.15, 0.2) is 0 Å². The van der Waals surface area contributed by atoms with Gasteiger partial charge in [0.2, 0.25) is 0 Å². The third-order valence-corrected chi connectivity index (χ3v) is 2.80. The third-order valence-electron chi connectivity index (χ3n) is 2.80. The second-order valence-corrected chi connectivity index (χ2v) is 4.25. The number of rotatable bonds is 3. The molecule has 1 aromatic rings. The summed E-state index contributed by atoms with van der Waals surface area (Å²) in [6, 6.07) is 8.20. The van der Waals surface area contributed by atoms with Crippen LogP contribution < -0.4 is 0 Å². The number of ether oxygens (including phenoxy) is 1. The fourth-order valence-electron chi connectivity index (χ4n) is 1.85. The van der Waals surface area contributed by atoms with Crippen molar-refractivity contribution in [2.45, 2.75) is 13.8 Å². The summed E-state index contributed by atoms with van der Waals surface area (Å²) in [6.45, 7) is 5.06. The summed E-state index contributed by atoms with van der Waals surface area (Å²) < 4.78 is 4.96. The number of hydrogen-bond acceptors (Lipinski definition) is 2. The van der Waals surface area contributed by atoms with Crippen molar-refractivity contribution in [3.8, 4) is 0 Å². The highest BCUT2D eigenvalue weighted by Gasteiger charge is 2.23. The molecule has 0 aliphatic carbocycles. The van der Waals surface area contributed by atoms with E-state index in [9.17, 15) is 4.79 Å². The molecule has 0 spiro atoms. The van der Waals surface area contributed by atoms with E-state index in [4.69, 9.17) is 4.74 Å². The molecule has 18 heavy (non-hydrogen) atoms. The molecule has 94 valence electrons. The zero-order valence-corrected chi connectivity index (χ0v) is 10.7. The van der Waals surface area contributed by atoms with Gasteiger partial charge in [-0.25, -0.2) is 4.79 Å². The summed E-state index contributed by atoms with van der Waals surface area (Å²) in [6.07, 6.45) is 5.57. The number of allylic oxidation sites excluding steroid dienone is 2. The summed E-state index contributed by atoms with van der Waals surface area (Å²) in [7, 11) is 0. The van der Waals surface area contributed by atoms with E-state index in [0.29, 0.717) is 13.2 Å². The van der Waals surface area contributed by atoms with Crippen molar-refractivity contribution < 1.29 is 9.53 Å². The zero-order chi connectivity index (χ0) is 13.0. The van der Waals surface area contributed by atoms with Gasteiger partial charge in [0, 0.05) is 5.70 Å². The van der Waals surface area contributed by atoms with E-state index in [1.807, 2.05) is 37.3 Å². The minimum absolute atomic E-state index is 0.272. The molecule has 0 N–H and O–H groups in total. The highest BCUT2D eigenvalue weighted by Crippen LogP contribution is 2.17. The van der Waals surface area contributed by atoms with Crippen molar-refractivity contribution in [1.82, 2.24) is 4.90 Å². The molecule has 0 atom stereocenters. The minimum Gasteiger partial charge on any atom is -0.447 e. The monoisotopic (exact) mass is 243 g/mol. The van der Waals surface area contributed by atoms with E-state index >= 15 is 0 Å². The lowest BCUT2D eigenvalue weighted by molar-refractivity contribution is 0.165. The maximum absolute atomic E-state index is 11.6. The second kappa shape index (κ2) is 5.54. The smallest absolute Gasteiger partial charge is 0.414 e. The summed E-state index contributed by atoms with van der Waals surface area (Å²) in [4.78, 5) is 13.2. The van der Waals surface area contributed by atoms with Gasteiger partial charge in [-0.1, -0.05) is 35.9 Å². The number of carbonyl (C=O) groups is 1. The molecule has 0 aromatic heterocycles. The van der Waals surface area contributed by atoms with Gasteiger partial charge in [0.25, 0.3) is 0 Å². The number of cyclic esters (lactones) is 1. The van der Waals surface area contributed by atoms with E-state index in [0.717, 1.165) is 11.3 Å². The molecule has 0 saturated carbocycles. The molecular weight excluding hydrogens is 226 g/mol. The van der Waals surface area contributed by atoms with Crippen molar-refractivity contribution in [1.29, 1.82) is 0 Å². The van der Waals surface area contributed by atoms with E-state index in [1.165, 1.54) is 5.56 Å². The van der Waals surface area contributed by atoms with Crippen molar-refractivity contribution in [2.75, 3.05) is 13.2 Å². The molecular formula is C15H17NO2. The average molecular weight is 243 g/mol. The van der Waals surface area contributed by atoms with Crippen molar-refractivity contribution in [3.63, 3.8) is 0 Å². The largest absolute Gasteiger partial charge is 0.447 e. The number of aryl methyl sites for hydroxylation is 1. The topological polar surface area (TPSA) is 29.5 Å². The Morgan fingerprint density at radius 1 is 1.33 bits per heavy atom. The Morgan fingerprint density at radius 3 is 2.61 bits per heavy atom. The number of hydrogen-bond donors (Lipinski definition) is 0. The van der Waals surface area contributed by atoms with Crippen LogP contribution in [0.3, 0.4) is 0 Å². The summed E-state index contributed by atoms with van der Waals surface area (Å²) >= 11 is 0. The van der Waals surface area contributed by atoms with Crippen LogP contribution in [0, 0.1) is 6.92 Å². The molecule has 1 aliphatic heterocycles. The zero-order valence-electron chi connectivity index (χ0n) is 10.7. The second-order valence-electron chi connectivity index (χ2n) is 4.25. The van der Waals surface area contributed by atoms with Crippen molar-refractivity contribution in [2.24, 2.45) is 0 Å². The molecule has 1 saturated heterocycles. The highest BCUT2D eigenvalue weighted by molar-refractivity contribution is 5.75. The molecule has 1 amide bonds. The molecule has 2 rings (SSSR count). The van der Waals surface area contributed by atoms with Gasteiger partial charge in [-0.15, -0.1) is 0 Å². The number of carbonyl (C=O) groups excluding carboxylic acids is 1. The first-order valence-electron chi connectivity index (χ1n) is 6.06. The first-order chi connectivity index (χ1) is 8.70. The quantitative estimate of drug-likeness (QED) is 0.762. The standard InChI is InChI=1S/C15H17NO2/c1-3-4-14(16-9-10-18-15(16)17)11-13-7-5-12(2)6-8-13/h3-8,11H,9-10H2,1-2H3/b4-3-,14-11+. The minimum atomic E-state index is -0.272. The number of benzene rings is 1. The van der Waals surface area contributed by atoms with Gasteiger partial charge in [-0.3, -0.25) is 4.90 Å². The lowest BCUT2D eigenvalue weighted by atomic mass is 10.1. The number of amides is 1. The predicted molar refractivity (Wildman–Crippen MR) is 72.0 cm³/mol. The Bertz CT molecular complexity index is 486. The molecule has 0 bridgehead atoms. The van der Waals surface area contributed by atoms with Crippen LogP contribution in [-0.4, -0.2) is 24.1 Å². The van der Waals surface area contributed by atoms with Gasteiger partial charge < -0.3 is 4.74 Å². The molecule has 1 fully saturated rings. The summed E-state index contributed by atoms with van der Waals surface area (Å²) in [5.74, 6) is 0. The van der Waals surface area contributed by atoms with Gasteiger partial charge in [-0.05, 0) is 31.6 Å². The maximum Gasteiger partial charge on any atom is 0.414 e. The van der Waals surface area contributed by atoms with E-state index in [-0.39, 0.29) is 6.09 Å². The molecule has 3 nitrogen and oxygen atoms in total. The van der Waals surface area contributed by atoms with Crippen molar-refractivity contribution >= 4 is 12.2 Å².